The maximum Gasteiger partial charge on any atom is -0.00201 e. The molecule has 0 radical (unpaired) electrons. The minimum atomic E-state index is 1.25. The molecule has 0 heterocycles. The summed E-state index contributed by atoms with van der Waals surface area (Å²) in [6.07, 6.45) is 15.2. The molecule has 0 atom stereocenters. The highest BCUT2D eigenvalue weighted by atomic mass is 14.2. The molecule has 0 heteroatoms. The Balaban J connectivity index is 1.35. The zero-order valence-corrected chi connectivity index (χ0v) is 26.0. The number of rotatable bonds is 7. The van der Waals surface area contributed by atoms with Gasteiger partial charge in [0.15, 0.2) is 0 Å². The zero-order valence-electron chi connectivity index (χ0n) is 26.0. The van der Waals surface area contributed by atoms with Crippen LogP contribution >= 0.6 is 0 Å². The second kappa shape index (κ2) is 13.0. The Kier molecular flexibility index (Phi) is 8.52. The van der Waals surface area contributed by atoms with E-state index >= 15 is 0 Å². The molecule has 0 unspecified atom stereocenters. The molecule has 0 N–H and O–H groups in total. The highest BCUT2D eigenvalue weighted by Crippen LogP contribution is 2.43. The van der Waals surface area contributed by atoms with Crippen LogP contribution in [0.1, 0.15) is 37.5 Å². The Bertz CT molecular complexity index is 2080. The Morgan fingerprint density at radius 1 is 0.477 bits per heavy atom. The van der Waals surface area contributed by atoms with E-state index < -0.39 is 0 Å². The highest BCUT2D eigenvalue weighted by molar-refractivity contribution is 6.21. The number of fused-ring (bicyclic) bond motifs is 3. The van der Waals surface area contributed by atoms with Crippen molar-refractivity contribution in [1.29, 1.82) is 0 Å². The van der Waals surface area contributed by atoms with Gasteiger partial charge in [-0.2, -0.15) is 0 Å². The summed E-state index contributed by atoms with van der Waals surface area (Å²) in [5, 5.41) is 7.67. The van der Waals surface area contributed by atoms with E-state index in [2.05, 4.69) is 185 Å². The van der Waals surface area contributed by atoms with Crippen molar-refractivity contribution in [3.63, 3.8) is 0 Å². The predicted molar refractivity (Wildman–Crippen MR) is 195 cm³/mol. The van der Waals surface area contributed by atoms with Crippen molar-refractivity contribution >= 4 is 44.0 Å². The lowest BCUT2D eigenvalue weighted by Crippen LogP contribution is -1.92. The third-order valence-electron chi connectivity index (χ3n) is 8.59. The van der Waals surface area contributed by atoms with Crippen molar-refractivity contribution in [1.82, 2.24) is 0 Å². The summed E-state index contributed by atoms with van der Waals surface area (Å²) < 4.78 is 0. The van der Waals surface area contributed by atoms with Gasteiger partial charge >= 0.3 is 0 Å². The molecule has 6 aromatic rings. The van der Waals surface area contributed by atoms with Gasteiger partial charge in [0.25, 0.3) is 0 Å². The smallest absolute Gasteiger partial charge is 0.00201 e. The molecule has 6 aromatic carbocycles. The monoisotopic (exact) mass is 566 g/mol. The Morgan fingerprint density at radius 2 is 1.02 bits per heavy atom. The van der Waals surface area contributed by atoms with Crippen LogP contribution in [0.3, 0.4) is 0 Å². The van der Waals surface area contributed by atoms with E-state index in [1.807, 2.05) is 0 Å². The minimum Gasteiger partial charge on any atom is -0.0623 e. The molecule has 214 valence electrons. The van der Waals surface area contributed by atoms with E-state index in [0.29, 0.717) is 0 Å². The lowest BCUT2D eigenvalue weighted by molar-refractivity contribution is 1.35. The molecule has 0 fully saturated rings. The summed E-state index contributed by atoms with van der Waals surface area (Å²) in [6, 6.07) is 41.6. The van der Waals surface area contributed by atoms with Gasteiger partial charge in [-0.05, 0) is 105 Å². The first kappa shape index (κ1) is 28.9. The fourth-order valence-electron chi connectivity index (χ4n) is 6.13. The van der Waals surface area contributed by atoms with E-state index in [4.69, 9.17) is 0 Å². The molecular weight excluding hydrogens is 528 g/mol. The summed E-state index contributed by atoms with van der Waals surface area (Å²) in [4.78, 5) is 0. The van der Waals surface area contributed by atoms with E-state index in [-0.39, 0.29) is 0 Å². The third kappa shape index (κ3) is 5.85. The first-order valence-electron chi connectivity index (χ1n) is 15.4. The summed E-state index contributed by atoms with van der Waals surface area (Å²) in [5.41, 5.74) is 10.2. The van der Waals surface area contributed by atoms with Crippen LogP contribution in [-0.4, -0.2) is 0 Å². The van der Waals surface area contributed by atoms with Gasteiger partial charge in [-0.25, -0.2) is 0 Å². The number of benzene rings is 6. The van der Waals surface area contributed by atoms with Gasteiger partial charge in [0.05, 0.1) is 0 Å². The molecule has 0 aliphatic carbocycles. The molecule has 0 aliphatic heterocycles. The van der Waals surface area contributed by atoms with Crippen molar-refractivity contribution < 1.29 is 0 Å². The normalized spacial score (nSPS) is 13.2. The first-order valence-corrected chi connectivity index (χ1v) is 15.4. The van der Waals surface area contributed by atoms with Gasteiger partial charge in [0, 0.05) is 0 Å². The molecule has 0 aliphatic rings. The second-order valence-electron chi connectivity index (χ2n) is 11.5. The molecule has 0 spiro atoms. The highest BCUT2D eigenvalue weighted by Gasteiger charge is 2.17. The standard InChI is InChI=1S/C44H38/c1-31(34(4)30-36-22-10-9-19-32(36)2)18-7-5-6-8-20-33(3)43-39-25-13-15-27-41(39)44(42-28-16-14-26-40(42)43)38-29-17-23-35-21-11-12-24-37(35)38/h5-30H,1-4H3/b7-5-,8-6-,31-18-,33-20-,34-30+. The largest absolute Gasteiger partial charge is 0.0623 e. The van der Waals surface area contributed by atoms with Gasteiger partial charge < -0.3 is 0 Å². The van der Waals surface area contributed by atoms with E-state index in [0.717, 1.165) is 0 Å². The summed E-state index contributed by atoms with van der Waals surface area (Å²) in [7, 11) is 0. The maximum atomic E-state index is 2.28. The fraction of sp³-hybridized carbons (Fsp3) is 0.0909. The van der Waals surface area contributed by atoms with Gasteiger partial charge in [-0.3, -0.25) is 0 Å². The van der Waals surface area contributed by atoms with Gasteiger partial charge in [-0.15, -0.1) is 0 Å². The Hall–Kier alpha value is -5.20. The molecule has 0 nitrogen and oxygen atoms in total. The molecule has 6 rings (SSSR count). The number of allylic oxidation sites excluding steroid dienone is 9. The molecule has 44 heavy (non-hydrogen) atoms. The van der Waals surface area contributed by atoms with Gasteiger partial charge in [-0.1, -0.05) is 158 Å². The van der Waals surface area contributed by atoms with Crippen LogP contribution in [-0.2, 0) is 0 Å². The van der Waals surface area contributed by atoms with E-state index in [1.54, 1.807) is 0 Å². The van der Waals surface area contributed by atoms with Crippen LogP contribution < -0.4 is 0 Å². The maximum absolute atomic E-state index is 2.28. The summed E-state index contributed by atoms with van der Waals surface area (Å²) in [6.45, 7) is 8.72. The molecule has 0 saturated carbocycles. The SMILES string of the molecule is CC(=C/C=C\C=C/C=C(/C)c1c2ccccc2c(-c2cccc3ccccc23)c2ccccc12)/C(C)=C/c1ccccc1C. The molecular formula is C44H38. The molecule has 0 aromatic heterocycles. The van der Waals surface area contributed by atoms with Crippen molar-refractivity contribution in [2.45, 2.75) is 27.7 Å². The van der Waals surface area contributed by atoms with Crippen molar-refractivity contribution in [3.05, 3.63) is 180 Å². The average molecular weight is 567 g/mol. The number of hydrogen-bond acceptors (Lipinski definition) is 0. The summed E-state index contributed by atoms with van der Waals surface area (Å²) in [5.74, 6) is 0. The summed E-state index contributed by atoms with van der Waals surface area (Å²) >= 11 is 0. The molecule has 0 saturated heterocycles. The number of aryl methyl sites for hydroxylation is 1. The first-order chi connectivity index (χ1) is 21.5. The van der Waals surface area contributed by atoms with Crippen LogP contribution in [0.15, 0.2) is 163 Å². The van der Waals surface area contributed by atoms with E-state index in [1.165, 1.54) is 76.9 Å². The van der Waals surface area contributed by atoms with Crippen LogP contribution in [0.2, 0.25) is 0 Å². The quantitative estimate of drug-likeness (QED) is 0.133. The lowest BCUT2D eigenvalue weighted by Gasteiger charge is -2.18. The van der Waals surface area contributed by atoms with Crippen molar-refractivity contribution in [2.24, 2.45) is 0 Å². The van der Waals surface area contributed by atoms with E-state index in [9.17, 15) is 0 Å². The van der Waals surface area contributed by atoms with Crippen molar-refractivity contribution in [3.8, 4) is 11.1 Å². The third-order valence-corrected chi connectivity index (χ3v) is 8.59. The Morgan fingerprint density at radius 3 is 1.70 bits per heavy atom. The van der Waals surface area contributed by atoms with Crippen LogP contribution in [0, 0.1) is 6.92 Å². The van der Waals surface area contributed by atoms with Crippen LogP contribution in [0.4, 0.5) is 0 Å². The lowest BCUT2D eigenvalue weighted by atomic mass is 9.85. The van der Waals surface area contributed by atoms with Crippen LogP contribution in [0.25, 0.3) is 55.1 Å². The van der Waals surface area contributed by atoms with Gasteiger partial charge in [0.1, 0.15) is 0 Å². The second-order valence-corrected chi connectivity index (χ2v) is 11.5. The molecule has 0 bridgehead atoms. The zero-order chi connectivity index (χ0) is 30.5. The minimum absolute atomic E-state index is 1.25. The fourth-order valence-corrected chi connectivity index (χ4v) is 6.13. The predicted octanol–water partition coefficient (Wildman–Crippen LogP) is 12.7. The Labute approximate surface area is 261 Å². The van der Waals surface area contributed by atoms with Crippen LogP contribution in [0.5, 0.6) is 0 Å². The molecule has 0 amide bonds. The van der Waals surface area contributed by atoms with Crippen molar-refractivity contribution in [2.75, 3.05) is 0 Å². The average Bonchev–Trinajstić information content (AvgIpc) is 3.05. The number of hydrogen-bond donors (Lipinski definition) is 0. The van der Waals surface area contributed by atoms with Gasteiger partial charge in [0.2, 0.25) is 0 Å². The topological polar surface area (TPSA) is 0 Å².